The minimum Gasteiger partial charge on any atom is -0.405 e. The van der Waals surface area contributed by atoms with Crippen LogP contribution in [0.25, 0.3) is 43.8 Å². The van der Waals surface area contributed by atoms with Crippen molar-refractivity contribution in [2.24, 2.45) is 11.8 Å². The SMILES string of the molecule is CC(C)CC(=O)Cc1cncc(Br)c1.CC(C)CC(=O)Nc1cncc(-c2ccc3c(c2)c(C=O)nn3C(c2ccccc2)(c2ccccc2)c2ccccc2)c1.CC1(C)OB(B2OC(C)(C)C(C)(C)O2)OC1(C)C.CC1(C)OB(c2ccc3c(c2)c(C=O)nn3C(c2ccccc2)(c2ccccc2)c2ccccc2)OC1(C)C.O=Cc1nn(C(c2ccccc2)(c2ccccc2)c2ccccc2)c2ccc(Br)cc12. The Morgan fingerprint density at radius 3 is 0.966 bits per heavy atom. The van der Waals surface area contributed by atoms with Gasteiger partial charge in [0.05, 0.1) is 62.0 Å². The van der Waals surface area contributed by atoms with Crippen molar-refractivity contribution in [2.45, 2.75) is 180 Å². The maximum atomic E-state index is 12.5. The molecule has 1 N–H and O–H groups in total. The third-order valence-electron chi connectivity index (χ3n) is 28.2. The molecule has 3 saturated heterocycles. The quantitative estimate of drug-likeness (QED) is 0.0318. The molecule has 734 valence electrons. The number of nitrogens with one attached hydrogen (secondary N) is 1. The predicted octanol–water partition coefficient (Wildman–Crippen LogP) is 25.4. The zero-order chi connectivity index (χ0) is 103. The molecule has 0 aliphatic carbocycles. The van der Waals surface area contributed by atoms with E-state index in [1.807, 2.05) is 341 Å². The Hall–Kier alpha value is -13.6. The van der Waals surface area contributed by atoms with Crippen LogP contribution in [0.15, 0.2) is 373 Å². The summed E-state index contributed by atoms with van der Waals surface area (Å²) in [6, 6.07) is 115. The molecule has 20 rings (SSSR count). The molecule has 1 amide bonds. The van der Waals surface area contributed by atoms with Crippen molar-refractivity contribution in [1.29, 1.82) is 0 Å². The highest BCUT2D eigenvalue weighted by atomic mass is 79.9. The van der Waals surface area contributed by atoms with E-state index in [2.05, 4.69) is 170 Å². The van der Waals surface area contributed by atoms with Crippen molar-refractivity contribution in [3.63, 3.8) is 0 Å². The third-order valence-corrected chi connectivity index (χ3v) is 29.1. The Balaban J connectivity index is 0.000000136. The van der Waals surface area contributed by atoms with E-state index in [9.17, 15) is 24.0 Å². The molecule has 0 saturated carbocycles. The van der Waals surface area contributed by atoms with Gasteiger partial charge in [0.1, 0.15) is 39.5 Å². The zero-order valence-electron chi connectivity index (χ0n) is 84.7. The number of rotatable bonds is 25. The van der Waals surface area contributed by atoms with Gasteiger partial charge in [-0.2, -0.15) is 15.3 Å². The molecular formula is C120H120B3Br2N9O11. The van der Waals surface area contributed by atoms with E-state index in [0.717, 1.165) is 133 Å². The zero-order valence-corrected chi connectivity index (χ0v) is 87.9. The number of nitrogens with zero attached hydrogens (tertiary/aromatic N) is 8. The Morgan fingerprint density at radius 1 is 0.338 bits per heavy atom. The van der Waals surface area contributed by atoms with Crippen molar-refractivity contribution in [1.82, 2.24) is 39.3 Å². The van der Waals surface area contributed by atoms with Crippen molar-refractivity contribution in [3.05, 3.63) is 446 Å². The Bertz CT molecular complexity index is 7020. The molecule has 0 atom stereocenters. The lowest BCUT2D eigenvalue weighted by Crippen LogP contribution is -2.41. The number of fused-ring (bicyclic) bond motifs is 3. The molecular weight excluding hydrogens is 1940 g/mol. The maximum Gasteiger partial charge on any atom is 0.494 e. The number of Topliss-reactive ketones (excluding diaryl/α,β-unsaturated/α-hetero) is 1. The molecule has 145 heavy (non-hydrogen) atoms. The largest absolute Gasteiger partial charge is 0.494 e. The van der Waals surface area contributed by atoms with Gasteiger partial charge in [-0.3, -0.25) is 33.9 Å². The van der Waals surface area contributed by atoms with Gasteiger partial charge in [-0.05, 0) is 226 Å². The fourth-order valence-corrected chi connectivity index (χ4v) is 19.8. The summed E-state index contributed by atoms with van der Waals surface area (Å²) < 4.78 is 44.3. The van der Waals surface area contributed by atoms with Crippen LogP contribution in [0.4, 0.5) is 5.69 Å². The lowest BCUT2D eigenvalue weighted by atomic mass is 9.49. The second kappa shape index (κ2) is 43.8. The molecule has 3 fully saturated rings. The van der Waals surface area contributed by atoms with Crippen LogP contribution in [0, 0.1) is 11.8 Å². The van der Waals surface area contributed by atoms with Gasteiger partial charge in [0.25, 0.3) is 0 Å². The second-order valence-electron chi connectivity index (χ2n) is 40.6. The molecule has 8 heterocycles. The van der Waals surface area contributed by atoms with Crippen LogP contribution >= 0.6 is 31.9 Å². The molecule has 12 aromatic carbocycles. The number of benzene rings is 12. The Kier molecular flexibility index (Phi) is 31.5. The summed E-state index contributed by atoms with van der Waals surface area (Å²) >= 11 is 6.87. The minimum absolute atomic E-state index is 0.0482. The molecule has 25 heteroatoms. The van der Waals surface area contributed by atoms with Crippen LogP contribution in [-0.2, 0) is 60.6 Å². The minimum atomic E-state index is -0.854. The summed E-state index contributed by atoms with van der Waals surface area (Å²) in [5.41, 5.74) is 12.4. The maximum absolute atomic E-state index is 12.5. The molecule has 5 aromatic heterocycles. The lowest BCUT2D eigenvalue weighted by Gasteiger charge is -2.37. The van der Waals surface area contributed by atoms with Gasteiger partial charge in [-0.1, -0.05) is 335 Å². The molecule has 17 aromatic rings. The summed E-state index contributed by atoms with van der Waals surface area (Å²) in [5.74, 6) is 0.919. The van der Waals surface area contributed by atoms with Gasteiger partial charge >= 0.3 is 21.1 Å². The number of amides is 1. The highest BCUT2D eigenvalue weighted by molar-refractivity contribution is 9.10. The van der Waals surface area contributed by atoms with Gasteiger partial charge in [0, 0.05) is 68.5 Å². The van der Waals surface area contributed by atoms with Crippen LogP contribution in [0.1, 0.15) is 211 Å². The van der Waals surface area contributed by atoms with Crippen molar-refractivity contribution in [2.75, 3.05) is 5.32 Å². The lowest BCUT2D eigenvalue weighted by molar-refractivity contribution is -0.119. The number of pyridine rings is 2. The van der Waals surface area contributed by atoms with Crippen LogP contribution in [0.2, 0.25) is 0 Å². The number of ketones is 1. The number of halogens is 2. The van der Waals surface area contributed by atoms with E-state index < -0.39 is 49.0 Å². The normalized spacial score (nSPS) is 15.3. The molecule has 0 radical (unpaired) electrons. The van der Waals surface area contributed by atoms with Crippen molar-refractivity contribution < 1.29 is 51.9 Å². The molecule has 0 unspecified atom stereocenters. The Labute approximate surface area is 867 Å². The van der Waals surface area contributed by atoms with Crippen molar-refractivity contribution >= 4 is 127 Å². The summed E-state index contributed by atoms with van der Waals surface area (Å²) in [5, 5.41) is 20.1. The van der Waals surface area contributed by atoms with Gasteiger partial charge in [-0.15, -0.1) is 0 Å². The summed E-state index contributed by atoms with van der Waals surface area (Å²) in [4.78, 5) is 69.3. The van der Waals surface area contributed by atoms with E-state index in [4.69, 9.17) is 43.2 Å². The average Bonchev–Trinajstić information content (AvgIpc) is 1.55. The molecule has 3 aliphatic rings. The highest BCUT2D eigenvalue weighted by Gasteiger charge is 2.64. The van der Waals surface area contributed by atoms with Gasteiger partial charge in [-0.25, -0.2) is 14.0 Å². The molecule has 20 nitrogen and oxygen atoms in total. The predicted molar refractivity (Wildman–Crippen MR) is 586 cm³/mol. The summed E-state index contributed by atoms with van der Waals surface area (Å²) in [6.45, 7) is 32.5. The van der Waals surface area contributed by atoms with Gasteiger partial charge in [0.2, 0.25) is 5.91 Å². The van der Waals surface area contributed by atoms with Crippen LogP contribution in [0.5, 0.6) is 0 Å². The first-order chi connectivity index (χ1) is 69.5. The monoisotopic (exact) mass is 2050 g/mol. The third kappa shape index (κ3) is 21.5. The number of anilines is 1. The number of hydrogen-bond acceptors (Lipinski definition) is 16. The van der Waals surface area contributed by atoms with Gasteiger partial charge in [0.15, 0.2) is 18.9 Å². The van der Waals surface area contributed by atoms with Crippen LogP contribution < -0.4 is 10.8 Å². The summed E-state index contributed by atoms with van der Waals surface area (Å²) in [6.07, 6.45) is 10.9. The van der Waals surface area contributed by atoms with E-state index in [0.29, 0.717) is 47.9 Å². The second-order valence-corrected chi connectivity index (χ2v) is 42.4. The first-order valence-corrected chi connectivity index (χ1v) is 50.6. The van der Waals surface area contributed by atoms with Crippen LogP contribution in [0.3, 0.4) is 0 Å². The van der Waals surface area contributed by atoms with E-state index >= 15 is 0 Å². The standard InChI is InChI=1S/C37H32N4O2.C33H31BN2O3.C27H19BrN2O.C12H24B2O4.C11H14BrNO/c1-26(2)20-36(43)39-32-21-28(23-38-24-32)27-18-19-35-33(22-27)34(25-42)40-41(35)37(29-12-6-3-7-13-29,30-14-8-4-9-15-30)31-16-10-5-11-17-31;1-31(2)32(3,4)39-34(38-31)27-20-21-30-28(22-27)29(23-37)35-36(30)33(24-14-8-5-9-15-24,25-16-10-6-11-17-25)26-18-12-7-13-19-26;28-23-16-17-26-24(18-23)25(19-31)29-30(26)27(20-10-4-1-5-11-20,21-12-6-2-7-13-21)22-14-8-3-9-15-22;1-9(2)10(3,4)16-13(15-9)14-17-11(5,6)12(7,8)18-14;1-8(2)3-11(14)5-9-4-10(12)7-13-6-9/h3-19,21-26H,20H2,1-2H3,(H,39,43);5-23H,1-4H3;1-19H;1-8H3;4,6-8H,3,5H2,1-2H3. The smallest absolute Gasteiger partial charge is 0.405 e. The molecule has 0 bridgehead atoms. The number of hydrogen-bond donors (Lipinski definition) is 1. The first kappa shape index (κ1) is 104. The molecule has 3 aliphatic heterocycles. The summed E-state index contributed by atoms with van der Waals surface area (Å²) in [7, 11) is -1.49. The number of aromatic nitrogens is 8. The highest BCUT2D eigenvalue weighted by Crippen LogP contribution is 2.50. The number of carbonyl (C=O) groups excluding carboxylic acids is 5. The first-order valence-electron chi connectivity index (χ1n) is 49.0. The fraction of sp³-hybridized carbons (Fsp3) is 0.250. The van der Waals surface area contributed by atoms with E-state index in [1.54, 1.807) is 24.8 Å². The van der Waals surface area contributed by atoms with Crippen LogP contribution in [-0.4, -0.2) is 125 Å². The van der Waals surface area contributed by atoms with Crippen molar-refractivity contribution in [3.8, 4) is 11.1 Å². The average molecular weight is 2060 g/mol. The fourth-order valence-electron chi connectivity index (χ4n) is 19.0. The topological polar surface area (TPSA) is 232 Å². The number of carbonyl (C=O) groups is 5. The van der Waals surface area contributed by atoms with E-state index in [1.165, 1.54) is 0 Å². The number of aldehydes is 3. The van der Waals surface area contributed by atoms with Gasteiger partial charge < -0.3 is 33.2 Å². The van der Waals surface area contributed by atoms with E-state index in [-0.39, 0.29) is 40.0 Å². The molecule has 0 spiro atoms. The Morgan fingerprint density at radius 2 is 0.641 bits per heavy atom.